The molecule has 8 heteroatoms. The summed E-state index contributed by atoms with van der Waals surface area (Å²) in [6.07, 6.45) is 0.0423. The summed E-state index contributed by atoms with van der Waals surface area (Å²) in [4.78, 5) is 26.7. The molecule has 1 heterocycles. The van der Waals surface area contributed by atoms with Crippen molar-refractivity contribution in [3.63, 3.8) is 0 Å². The molecule has 0 radical (unpaired) electrons. The minimum Gasteiger partial charge on any atom is -0.505 e. The van der Waals surface area contributed by atoms with Gasteiger partial charge in [-0.05, 0) is 49.4 Å². The van der Waals surface area contributed by atoms with Crippen LogP contribution in [0.3, 0.4) is 0 Å². The van der Waals surface area contributed by atoms with Gasteiger partial charge in [-0.15, -0.1) is 0 Å². The van der Waals surface area contributed by atoms with E-state index in [1.54, 1.807) is 49.4 Å². The lowest BCUT2D eigenvalue weighted by Gasteiger charge is -2.20. The van der Waals surface area contributed by atoms with E-state index in [2.05, 4.69) is 4.98 Å². The molecule has 7 nitrogen and oxygen atoms in total. The highest BCUT2D eigenvalue weighted by atomic mass is 35.5. The van der Waals surface area contributed by atoms with Crippen LogP contribution in [0.4, 0.5) is 0 Å². The maximum atomic E-state index is 11.4. The Kier molecular flexibility index (Phi) is 4.73. The Morgan fingerprint density at radius 3 is 2.41 bits per heavy atom. The molecule has 27 heavy (non-hydrogen) atoms. The zero-order chi connectivity index (χ0) is 19.8. The van der Waals surface area contributed by atoms with Gasteiger partial charge in [0.1, 0.15) is 22.9 Å². The van der Waals surface area contributed by atoms with Crippen LogP contribution in [-0.4, -0.2) is 27.5 Å². The quantitative estimate of drug-likeness (QED) is 0.454. The lowest BCUT2D eigenvalue weighted by Crippen LogP contribution is -2.47. The second-order valence-electron chi connectivity index (χ2n) is 5.95. The molecule has 0 bridgehead atoms. The van der Waals surface area contributed by atoms with Gasteiger partial charge < -0.3 is 25.5 Å². The predicted molar refractivity (Wildman–Crippen MR) is 99.2 cm³/mol. The molecule has 0 aliphatic rings. The maximum absolute atomic E-state index is 11.4. The summed E-state index contributed by atoms with van der Waals surface area (Å²) in [6.45, 7) is 1.62. The maximum Gasteiger partial charge on any atom is 0.337 e. The zero-order valence-electron chi connectivity index (χ0n) is 14.1. The highest BCUT2D eigenvalue weighted by Gasteiger charge is 2.41. The number of benzene rings is 2. The van der Waals surface area contributed by atoms with E-state index in [4.69, 9.17) is 22.1 Å². The number of nitrogens with two attached hydrogens (primary N) is 1. The van der Waals surface area contributed by atoms with E-state index in [-0.39, 0.29) is 6.29 Å². The number of aliphatic carboxylic acids is 1. The predicted octanol–water partition coefficient (Wildman–Crippen LogP) is 3.13. The first-order chi connectivity index (χ1) is 12.8. The van der Waals surface area contributed by atoms with Crippen molar-refractivity contribution in [3.8, 4) is 17.2 Å². The number of fused-ring (bicyclic) bond motifs is 1. The van der Waals surface area contributed by atoms with Gasteiger partial charge in [-0.1, -0.05) is 11.6 Å². The Morgan fingerprint density at radius 1 is 1.19 bits per heavy atom. The van der Waals surface area contributed by atoms with Crippen LogP contribution in [0.1, 0.15) is 11.4 Å². The summed E-state index contributed by atoms with van der Waals surface area (Å²) in [7, 11) is 0. The fourth-order valence-corrected chi connectivity index (χ4v) is 2.76. The molecule has 3 rings (SSSR count). The average Bonchev–Trinajstić information content (AvgIpc) is 2.65. The Balaban J connectivity index is 2.10. The monoisotopic (exact) mass is 386 g/mol. The average molecular weight is 387 g/mol. The Labute approximate surface area is 159 Å². The summed E-state index contributed by atoms with van der Waals surface area (Å²) >= 11 is 5.85. The van der Waals surface area contributed by atoms with E-state index in [1.807, 2.05) is 0 Å². The molecule has 0 saturated heterocycles. The molecule has 2 aromatic carbocycles. The second-order valence-corrected chi connectivity index (χ2v) is 6.39. The Morgan fingerprint density at radius 2 is 1.81 bits per heavy atom. The first kappa shape index (κ1) is 18.6. The fraction of sp³-hybridized carbons (Fsp3) is 0.105. The van der Waals surface area contributed by atoms with Gasteiger partial charge >= 0.3 is 5.97 Å². The highest BCUT2D eigenvalue weighted by Crippen LogP contribution is 2.36. The molecule has 0 saturated carbocycles. The number of hydrogen-bond donors (Lipinski definition) is 3. The third-order valence-electron chi connectivity index (χ3n) is 4.12. The smallest absolute Gasteiger partial charge is 0.337 e. The van der Waals surface area contributed by atoms with Crippen LogP contribution >= 0.6 is 11.6 Å². The Hall–Kier alpha value is -3.16. The number of pyridine rings is 1. The number of rotatable bonds is 5. The largest absolute Gasteiger partial charge is 0.505 e. The van der Waals surface area contributed by atoms with Gasteiger partial charge in [0.15, 0.2) is 6.29 Å². The molecule has 0 spiro atoms. The van der Waals surface area contributed by atoms with Crippen LogP contribution in [0.25, 0.3) is 10.8 Å². The number of carboxylic acid groups (broad SMARTS) is 1. The minimum absolute atomic E-state index is 0.0423. The third kappa shape index (κ3) is 3.30. The molecule has 0 amide bonds. The summed E-state index contributed by atoms with van der Waals surface area (Å²) in [5, 5.41) is 21.2. The minimum atomic E-state index is -2.44. The third-order valence-corrected chi connectivity index (χ3v) is 4.37. The van der Waals surface area contributed by atoms with Crippen molar-refractivity contribution in [3.05, 3.63) is 58.9 Å². The van der Waals surface area contributed by atoms with Gasteiger partial charge in [0.25, 0.3) is 0 Å². The summed E-state index contributed by atoms with van der Waals surface area (Å²) in [5.41, 5.74) is 3.17. The van der Waals surface area contributed by atoms with E-state index in [1.165, 1.54) is 0 Å². The van der Waals surface area contributed by atoms with Gasteiger partial charge in [0, 0.05) is 21.5 Å². The van der Waals surface area contributed by atoms with Crippen molar-refractivity contribution in [2.75, 3.05) is 0 Å². The number of aromatic nitrogens is 1. The molecule has 1 unspecified atom stereocenters. The number of aldehydes is 1. The molecular formula is C19H15ClN2O5. The van der Waals surface area contributed by atoms with Crippen LogP contribution in [0.15, 0.2) is 42.5 Å². The second kappa shape index (κ2) is 6.86. The van der Waals surface area contributed by atoms with Gasteiger partial charge in [-0.3, -0.25) is 4.98 Å². The van der Waals surface area contributed by atoms with Crippen molar-refractivity contribution >= 4 is 34.6 Å². The molecule has 1 atom stereocenters. The summed E-state index contributed by atoms with van der Waals surface area (Å²) in [5.74, 6) is -1.03. The number of halogens is 1. The Bertz CT molecular complexity index is 1050. The first-order valence-corrected chi connectivity index (χ1v) is 8.20. The molecular weight excluding hydrogens is 372 g/mol. The number of aryl methyl sites for hydroxylation is 1. The number of nitrogens with zero attached hydrogens (tertiary/aromatic N) is 1. The number of carbonyl (C=O) groups is 2. The molecule has 4 N–H and O–H groups in total. The van der Waals surface area contributed by atoms with Gasteiger partial charge in [-0.2, -0.15) is 0 Å². The molecule has 0 aliphatic heterocycles. The van der Waals surface area contributed by atoms with Crippen molar-refractivity contribution in [1.82, 2.24) is 4.98 Å². The van der Waals surface area contributed by atoms with Crippen LogP contribution in [-0.2, 0) is 15.1 Å². The van der Waals surface area contributed by atoms with E-state index < -0.39 is 23.0 Å². The first-order valence-electron chi connectivity index (χ1n) is 7.82. The number of carboxylic acids is 1. The summed E-state index contributed by atoms with van der Waals surface area (Å²) < 4.78 is 5.75. The van der Waals surface area contributed by atoms with Crippen LogP contribution < -0.4 is 10.5 Å². The lowest BCUT2D eigenvalue weighted by molar-refractivity contribution is -0.145. The zero-order valence-corrected chi connectivity index (χ0v) is 14.9. The van der Waals surface area contributed by atoms with Gasteiger partial charge in [-0.25, -0.2) is 4.79 Å². The van der Waals surface area contributed by atoms with Crippen molar-refractivity contribution in [2.24, 2.45) is 5.73 Å². The van der Waals surface area contributed by atoms with Crippen LogP contribution in [0, 0.1) is 6.92 Å². The number of aromatic hydroxyl groups is 1. The van der Waals surface area contributed by atoms with Crippen molar-refractivity contribution < 1.29 is 24.5 Å². The molecule has 138 valence electrons. The topological polar surface area (TPSA) is 123 Å². The highest BCUT2D eigenvalue weighted by molar-refractivity contribution is 6.30. The standard InChI is InChI=1S/C19H15ClN2O5/c1-10-15-8-13(27-12-4-2-11(20)3-5-12)6-7-14(15)16(24)17(22-10)19(21,9-23)18(25)26/h2-9,24H,21H2,1H3,(H,25,26). The van der Waals surface area contributed by atoms with Gasteiger partial charge in [0.2, 0.25) is 5.54 Å². The van der Waals surface area contributed by atoms with E-state index in [0.29, 0.717) is 33.0 Å². The number of hydrogen-bond acceptors (Lipinski definition) is 6. The van der Waals surface area contributed by atoms with Crippen molar-refractivity contribution in [2.45, 2.75) is 12.5 Å². The summed E-state index contributed by atoms with van der Waals surface area (Å²) in [6, 6.07) is 11.6. The molecule has 0 fully saturated rings. The molecule has 0 aliphatic carbocycles. The normalized spacial score (nSPS) is 13.1. The number of carbonyl (C=O) groups excluding carboxylic acids is 1. The molecule has 3 aromatic rings. The van der Waals surface area contributed by atoms with Crippen molar-refractivity contribution in [1.29, 1.82) is 0 Å². The van der Waals surface area contributed by atoms with E-state index in [0.717, 1.165) is 0 Å². The lowest BCUT2D eigenvalue weighted by atomic mass is 9.94. The van der Waals surface area contributed by atoms with Gasteiger partial charge in [0.05, 0.1) is 0 Å². The van der Waals surface area contributed by atoms with Crippen LogP contribution in [0.2, 0.25) is 5.02 Å². The van der Waals surface area contributed by atoms with E-state index in [9.17, 15) is 19.8 Å². The van der Waals surface area contributed by atoms with Crippen LogP contribution in [0.5, 0.6) is 17.2 Å². The van der Waals surface area contributed by atoms with E-state index >= 15 is 0 Å². The SMILES string of the molecule is Cc1nc(C(N)(C=O)C(=O)O)c(O)c2ccc(Oc3ccc(Cl)cc3)cc12. The number of ether oxygens (including phenoxy) is 1. The molecule has 1 aromatic heterocycles. The fourth-order valence-electron chi connectivity index (χ4n) is 2.64.